The zero-order chi connectivity index (χ0) is 18.8. The average Bonchev–Trinajstić information content (AvgIpc) is 2.64. The largest absolute Gasteiger partial charge is 0.494 e. The Morgan fingerprint density at radius 1 is 1.23 bits per heavy atom. The minimum absolute atomic E-state index is 0.0187. The summed E-state index contributed by atoms with van der Waals surface area (Å²) in [5.74, 6) is 1.50. The lowest BCUT2D eigenvalue weighted by Gasteiger charge is -2.23. The smallest absolute Gasteiger partial charge is 0.239 e. The maximum atomic E-state index is 12.1. The highest BCUT2D eigenvalue weighted by Crippen LogP contribution is 2.20. The summed E-state index contributed by atoms with van der Waals surface area (Å²) in [6.07, 6.45) is 5.88. The van der Waals surface area contributed by atoms with Crippen molar-refractivity contribution in [3.05, 3.63) is 29.3 Å². The first-order valence-corrected chi connectivity index (χ1v) is 9.58. The number of nitrogens with one attached hydrogen (secondary N) is 3. The first-order valence-electron chi connectivity index (χ1n) is 9.58. The molecule has 1 aromatic rings. The molecule has 0 aromatic heterocycles. The summed E-state index contributed by atoms with van der Waals surface area (Å²) in [4.78, 5) is 16.3. The number of ether oxygens (including phenoxy) is 1. The fourth-order valence-electron chi connectivity index (χ4n) is 3.19. The number of aliphatic imine (C=N–C) groups is 1. The summed E-state index contributed by atoms with van der Waals surface area (Å²) < 4.78 is 5.70. The fraction of sp³-hybridized carbons (Fsp3) is 0.600. The molecule has 0 spiro atoms. The third kappa shape index (κ3) is 6.58. The van der Waals surface area contributed by atoms with E-state index in [1.54, 1.807) is 7.05 Å². The molecular weight excluding hydrogens is 328 g/mol. The van der Waals surface area contributed by atoms with E-state index in [1.165, 1.54) is 24.8 Å². The van der Waals surface area contributed by atoms with Gasteiger partial charge in [0.2, 0.25) is 5.91 Å². The van der Waals surface area contributed by atoms with Gasteiger partial charge in [-0.2, -0.15) is 0 Å². The van der Waals surface area contributed by atoms with Crippen LogP contribution in [-0.4, -0.2) is 38.1 Å². The Labute approximate surface area is 156 Å². The van der Waals surface area contributed by atoms with Crippen molar-refractivity contribution in [1.82, 2.24) is 16.0 Å². The van der Waals surface area contributed by atoms with Gasteiger partial charge in [-0.3, -0.25) is 9.79 Å². The number of carbonyl (C=O) groups excluding carboxylic acids is 1. The Kier molecular flexibility index (Phi) is 8.25. The zero-order valence-corrected chi connectivity index (χ0v) is 16.2. The van der Waals surface area contributed by atoms with E-state index in [0.717, 1.165) is 24.2 Å². The number of hydrogen-bond donors (Lipinski definition) is 3. The van der Waals surface area contributed by atoms with Crippen molar-refractivity contribution in [3.8, 4) is 5.75 Å². The second-order valence-corrected chi connectivity index (χ2v) is 6.73. The third-order valence-electron chi connectivity index (χ3n) is 4.58. The molecule has 3 N–H and O–H groups in total. The lowest BCUT2D eigenvalue weighted by atomic mass is 9.95. The van der Waals surface area contributed by atoms with Crippen LogP contribution in [0.4, 0.5) is 0 Å². The molecule has 0 aliphatic heterocycles. The van der Waals surface area contributed by atoms with Gasteiger partial charge in [0, 0.05) is 25.2 Å². The number of guanidine groups is 1. The van der Waals surface area contributed by atoms with Crippen LogP contribution in [0.5, 0.6) is 5.75 Å². The lowest BCUT2D eigenvalue weighted by Crippen LogP contribution is -2.45. The first-order chi connectivity index (χ1) is 12.6. The van der Waals surface area contributed by atoms with Crippen LogP contribution in [0.25, 0.3) is 0 Å². The molecule has 1 fully saturated rings. The Balaban J connectivity index is 1.79. The predicted molar refractivity (Wildman–Crippen MR) is 106 cm³/mol. The van der Waals surface area contributed by atoms with Gasteiger partial charge in [-0.25, -0.2) is 0 Å². The molecule has 0 atom stereocenters. The minimum atomic E-state index is 0.0187. The van der Waals surface area contributed by atoms with Gasteiger partial charge in [-0.1, -0.05) is 31.4 Å². The highest BCUT2D eigenvalue weighted by atomic mass is 16.5. The zero-order valence-electron chi connectivity index (χ0n) is 16.2. The Hall–Kier alpha value is -2.24. The van der Waals surface area contributed by atoms with Gasteiger partial charge in [-0.05, 0) is 38.3 Å². The molecule has 144 valence electrons. The molecule has 0 radical (unpaired) electrons. The number of nitrogens with zero attached hydrogens (tertiary/aromatic N) is 1. The summed E-state index contributed by atoms with van der Waals surface area (Å²) in [6, 6.07) is 6.48. The van der Waals surface area contributed by atoms with Gasteiger partial charge in [0.1, 0.15) is 5.75 Å². The highest BCUT2D eigenvalue weighted by Gasteiger charge is 2.15. The molecule has 1 aliphatic rings. The van der Waals surface area contributed by atoms with Crippen molar-refractivity contribution in [3.63, 3.8) is 0 Å². The van der Waals surface area contributed by atoms with Crippen LogP contribution in [0.3, 0.4) is 0 Å². The highest BCUT2D eigenvalue weighted by molar-refractivity contribution is 5.86. The molecule has 1 amide bonds. The Bertz CT molecular complexity index is 610. The maximum Gasteiger partial charge on any atom is 0.239 e. The molecule has 0 unspecified atom stereocenters. The average molecular weight is 361 g/mol. The molecule has 26 heavy (non-hydrogen) atoms. The van der Waals surface area contributed by atoms with Crippen LogP contribution in [0.1, 0.15) is 50.2 Å². The van der Waals surface area contributed by atoms with E-state index in [-0.39, 0.29) is 12.5 Å². The van der Waals surface area contributed by atoms with Gasteiger partial charge < -0.3 is 20.7 Å². The molecular formula is C20H32N4O2. The fourth-order valence-corrected chi connectivity index (χ4v) is 3.19. The number of aryl methyl sites for hydroxylation is 1. The van der Waals surface area contributed by atoms with E-state index in [4.69, 9.17) is 4.74 Å². The summed E-state index contributed by atoms with van der Waals surface area (Å²) in [6.45, 7) is 5.46. The Morgan fingerprint density at radius 2 is 2.00 bits per heavy atom. The molecule has 1 saturated carbocycles. The van der Waals surface area contributed by atoms with E-state index in [1.807, 2.05) is 19.9 Å². The van der Waals surface area contributed by atoms with Crippen LogP contribution < -0.4 is 20.7 Å². The van der Waals surface area contributed by atoms with E-state index in [2.05, 4.69) is 33.1 Å². The van der Waals surface area contributed by atoms with Crippen molar-refractivity contribution in [2.45, 2.75) is 58.5 Å². The topological polar surface area (TPSA) is 74.8 Å². The molecule has 6 heteroatoms. The van der Waals surface area contributed by atoms with E-state index in [9.17, 15) is 4.79 Å². The monoisotopic (exact) mass is 360 g/mol. The number of benzene rings is 1. The van der Waals surface area contributed by atoms with Gasteiger partial charge in [0.15, 0.2) is 5.96 Å². The second-order valence-electron chi connectivity index (χ2n) is 6.73. The van der Waals surface area contributed by atoms with Crippen molar-refractivity contribution >= 4 is 11.9 Å². The summed E-state index contributed by atoms with van der Waals surface area (Å²) in [5.41, 5.74) is 2.23. The van der Waals surface area contributed by atoms with Crippen LogP contribution in [0, 0.1) is 6.92 Å². The van der Waals surface area contributed by atoms with Crippen molar-refractivity contribution < 1.29 is 9.53 Å². The van der Waals surface area contributed by atoms with E-state index < -0.39 is 0 Å². The number of rotatable bonds is 7. The van der Waals surface area contributed by atoms with Gasteiger partial charge in [0.05, 0.1) is 13.2 Å². The number of carbonyl (C=O) groups is 1. The molecule has 6 nitrogen and oxygen atoms in total. The van der Waals surface area contributed by atoms with Gasteiger partial charge >= 0.3 is 0 Å². The molecule has 1 aromatic carbocycles. The molecule has 0 saturated heterocycles. The number of hydrogen-bond acceptors (Lipinski definition) is 3. The SMILES string of the molecule is CCOc1cc(C)ccc1CNC(=NC)NCC(=O)NC1CCCCC1. The van der Waals surface area contributed by atoms with Crippen molar-refractivity contribution in [2.24, 2.45) is 4.99 Å². The van der Waals surface area contributed by atoms with Gasteiger partial charge in [-0.15, -0.1) is 0 Å². The van der Waals surface area contributed by atoms with E-state index >= 15 is 0 Å². The predicted octanol–water partition coefficient (Wildman–Crippen LogP) is 2.51. The maximum absolute atomic E-state index is 12.1. The molecule has 0 bridgehead atoms. The van der Waals surface area contributed by atoms with E-state index in [0.29, 0.717) is 25.2 Å². The molecule has 1 aliphatic carbocycles. The van der Waals surface area contributed by atoms with Crippen LogP contribution in [0.15, 0.2) is 23.2 Å². The van der Waals surface area contributed by atoms with Crippen LogP contribution >= 0.6 is 0 Å². The Morgan fingerprint density at radius 3 is 2.69 bits per heavy atom. The van der Waals surface area contributed by atoms with Crippen molar-refractivity contribution in [1.29, 1.82) is 0 Å². The standard InChI is InChI=1S/C20H32N4O2/c1-4-26-18-12-15(2)10-11-16(18)13-22-20(21-3)23-14-19(25)24-17-8-6-5-7-9-17/h10-12,17H,4-9,13-14H2,1-3H3,(H,24,25)(H2,21,22,23). The summed E-state index contributed by atoms with van der Waals surface area (Å²) in [7, 11) is 1.70. The molecule has 2 rings (SSSR count). The summed E-state index contributed by atoms with van der Waals surface area (Å²) in [5, 5.41) is 9.42. The third-order valence-corrected chi connectivity index (χ3v) is 4.58. The minimum Gasteiger partial charge on any atom is -0.494 e. The summed E-state index contributed by atoms with van der Waals surface area (Å²) >= 11 is 0. The van der Waals surface area contributed by atoms with Crippen LogP contribution in [0.2, 0.25) is 0 Å². The number of amides is 1. The van der Waals surface area contributed by atoms with Crippen molar-refractivity contribution in [2.75, 3.05) is 20.2 Å². The second kappa shape index (κ2) is 10.7. The molecule has 0 heterocycles. The first kappa shape index (κ1) is 20.1. The normalized spacial score (nSPS) is 15.4. The van der Waals surface area contributed by atoms with Crippen LogP contribution in [-0.2, 0) is 11.3 Å². The quantitative estimate of drug-likeness (QED) is 0.516. The lowest BCUT2D eigenvalue weighted by molar-refractivity contribution is -0.120. The van der Waals surface area contributed by atoms with Gasteiger partial charge in [0.25, 0.3) is 0 Å².